The molecule has 0 aliphatic heterocycles. The van der Waals surface area contributed by atoms with Crippen molar-refractivity contribution < 1.29 is 9.59 Å². The zero-order valence-electron chi connectivity index (χ0n) is 21.4. The predicted octanol–water partition coefficient (Wildman–Crippen LogP) is 7.13. The van der Waals surface area contributed by atoms with Crippen LogP contribution in [-0.4, -0.2) is 28.7 Å². The summed E-state index contributed by atoms with van der Waals surface area (Å²) in [4.78, 5) is 31.1. The molecule has 9 heteroatoms. The van der Waals surface area contributed by atoms with Gasteiger partial charge >= 0.3 is 0 Å². The predicted molar refractivity (Wildman–Crippen MR) is 149 cm³/mol. The van der Waals surface area contributed by atoms with Crippen molar-refractivity contribution in [3.8, 4) is 0 Å². The molecule has 3 N–H and O–H groups in total. The van der Waals surface area contributed by atoms with Crippen LogP contribution in [0.25, 0.3) is 6.08 Å². The Labute approximate surface area is 228 Å². The number of halogens is 2. The molecule has 7 nitrogen and oxygen atoms in total. The van der Waals surface area contributed by atoms with E-state index in [4.69, 9.17) is 34.5 Å². The van der Waals surface area contributed by atoms with Gasteiger partial charge < -0.3 is 10.6 Å². The summed E-state index contributed by atoms with van der Waals surface area (Å²) >= 11 is 12.6. The number of hydrogen-bond acceptors (Lipinski definition) is 3. The molecular weight excluding hydrogens is 509 g/mol. The highest BCUT2D eigenvalue weighted by molar-refractivity contribution is 6.37. The first-order valence-corrected chi connectivity index (χ1v) is 13.0. The lowest BCUT2D eigenvalue weighted by atomic mass is 9.71. The normalized spacial score (nSPS) is 18.6. The Kier molecular flexibility index (Phi) is 9.62. The Hall–Kier alpha value is -3.03. The van der Waals surface area contributed by atoms with E-state index in [1.54, 1.807) is 48.5 Å². The highest BCUT2D eigenvalue weighted by atomic mass is 35.5. The minimum atomic E-state index is -0.576. The molecular formula is C28H33Cl2N5O2. The molecule has 0 radical (unpaired) electrons. The highest BCUT2D eigenvalue weighted by Crippen LogP contribution is 2.39. The Morgan fingerprint density at radius 3 is 2.19 bits per heavy atom. The molecule has 37 heavy (non-hydrogen) atoms. The van der Waals surface area contributed by atoms with E-state index in [1.165, 1.54) is 6.08 Å². The van der Waals surface area contributed by atoms with E-state index in [9.17, 15) is 9.59 Å². The number of nitrogens with zero attached hydrogens (tertiary/aromatic N) is 3. The summed E-state index contributed by atoms with van der Waals surface area (Å²) in [5.41, 5.74) is 14.2. The van der Waals surface area contributed by atoms with Crippen LogP contribution in [0.2, 0.25) is 10.0 Å². The fourth-order valence-electron chi connectivity index (χ4n) is 4.70. The van der Waals surface area contributed by atoms with Crippen molar-refractivity contribution in [2.24, 2.45) is 27.2 Å². The molecule has 2 amide bonds. The number of amides is 2. The second-order valence-electron chi connectivity index (χ2n) is 10.4. The second kappa shape index (κ2) is 12.5. The van der Waals surface area contributed by atoms with Gasteiger partial charge in [0, 0.05) is 39.8 Å². The monoisotopic (exact) mass is 541 g/mol. The van der Waals surface area contributed by atoms with Crippen molar-refractivity contribution in [2.45, 2.75) is 59.0 Å². The van der Waals surface area contributed by atoms with Crippen LogP contribution in [0.15, 0.2) is 58.6 Å². The lowest BCUT2D eigenvalue weighted by Crippen LogP contribution is -2.42. The van der Waals surface area contributed by atoms with Gasteiger partial charge in [0.25, 0.3) is 5.91 Å². The van der Waals surface area contributed by atoms with E-state index in [-0.39, 0.29) is 17.4 Å². The number of rotatable bonds is 6. The first-order chi connectivity index (χ1) is 17.5. The molecule has 1 saturated carbocycles. The molecule has 1 fully saturated rings. The lowest BCUT2D eigenvalue weighted by molar-refractivity contribution is -0.130. The summed E-state index contributed by atoms with van der Waals surface area (Å²) in [7, 11) is 0. The Morgan fingerprint density at radius 2 is 1.65 bits per heavy atom. The SMILES string of the molecule is CC(C)(C)C1CCC(N(Cc2ccc(C(=O)N=C(N)N=N)cc2)C(=O)/C=C/c2c(Cl)cccc2Cl)CC1. The summed E-state index contributed by atoms with van der Waals surface area (Å²) < 4.78 is 0. The van der Waals surface area contributed by atoms with Crippen molar-refractivity contribution >= 4 is 47.1 Å². The summed E-state index contributed by atoms with van der Waals surface area (Å²) in [6, 6.07) is 12.2. The Bertz CT molecular complexity index is 1170. The Morgan fingerprint density at radius 1 is 1.05 bits per heavy atom. The molecule has 1 aliphatic carbocycles. The molecule has 2 aromatic carbocycles. The van der Waals surface area contributed by atoms with Crippen LogP contribution in [0.3, 0.4) is 0 Å². The standard InChI is InChI=1S/C28H33Cl2N5O2/c1-28(2,3)20-11-13-21(14-12-20)35(25(36)16-15-22-23(29)5-4-6-24(22)30)17-18-7-9-19(10-8-18)26(37)33-27(31)34-32/h4-10,15-16,20-21,32H,11-14,17H2,1-3H3,(H2,31,33,37)/b16-15+,34-32?. The van der Waals surface area contributed by atoms with E-state index in [0.29, 0.717) is 33.6 Å². The number of aliphatic imine (C=N–C) groups is 1. The van der Waals surface area contributed by atoms with Crippen molar-refractivity contribution in [3.05, 3.63) is 75.3 Å². The van der Waals surface area contributed by atoms with E-state index < -0.39 is 11.9 Å². The minimum Gasteiger partial charge on any atom is -0.366 e. The van der Waals surface area contributed by atoms with Gasteiger partial charge in [0.1, 0.15) is 0 Å². The second-order valence-corrected chi connectivity index (χ2v) is 11.2. The number of nitrogens with one attached hydrogen (secondary N) is 1. The van der Waals surface area contributed by atoms with Crippen molar-refractivity contribution in [3.63, 3.8) is 0 Å². The molecule has 0 atom stereocenters. The summed E-state index contributed by atoms with van der Waals surface area (Å²) in [6.45, 7) is 7.22. The van der Waals surface area contributed by atoms with Gasteiger partial charge in [-0.15, -0.1) is 5.11 Å². The van der Waals surface area contributed by atoms with Crippen molar-refractivity contribution in [1.82, 2.24) is 4.90 Å². The molecule has 3 rings (SSSR count). The first kappa shape index (κ1) is 28.5. The van der Waals surface area contributed by atoms with Crippen LogP contribution in [-0.2, 0) is 11.3 Å². The van der Waals surface area contributed by atoms with Crippen LogP contribution >= 0.6 is 23.2 Å². The van der Waals surface area contributed by atoms with Gasteiger partial charge in [-0.3, -0.25) is 9.59 Å². The van der Waals surface area contributed by atoms with Gasteiger partial charge in [0.15, 0.2) is 0 Å². The fourth-order valence-corrected chi connectivity index (χ4v) is 5.23. The topological polar surface area (TPSA) is 112 Å². The van der Waals surface area contributed by atoms with Gasteiger partial charge in [-0.25, -0.2) is 5.53 Å². The Balaban J connectivity index is 1.82. The zero-order chi connectivity index (χ0) is 27.2. The fraction of sp³-hybridized carbons (Fsp3) is 0.393. The molecule has 0 spiro atoms. The zero-order valence-corrected chi connectivity index (χ0v) is 22.9. The minimum absolute atomic E-state index is 0.0989. The lowest BCUT2D eigenvalue weighted by Gasteiger charge is -2.41. The molecule has 2 aromatic rings. The average Bonchev–Trinajstić information content (AvgIpc) is 2.86. The molecule has 0 unspecified atom stereocenters. The first-order valence-electron chi connectivity index (χ1n) is 12.3. The van der Waals surface area contributed by atoms with E-state index >= 15 is 0 Å². The van der Waals surface area contributed by atoms with Crippen molar-refractivity contribution in [2.75, 3.05) is 0 Å². The number of guanidine groups is 1. The molecule has 0 saturated heterocycles. The molecule has 196 valence electrons. The maximum Gasteiger partial charge on any atom is 0.280 e. The number of carbonyl (C=O) groups excluding carboxylic acids is 2. The molecule has 1 aliphatic rings. The maximum atomic E-state index is 13.5. The van der Waals surface area contributed by atoms with Crippen LogP contribution in [0, 0.1) is 16.9 Å². The third kappa shape index (κ3) is 7.73. The van der Waals surface area contributed by atoms with Gasteiger partial charge in [-0.2, -0.15) is 4.99 Å². The molecule has 0 aromatic heterocycles. The van der Waals surface area contributed by atoms with Gasteiger partial charge in [-0.1, -0.05) is 62.2 Å². The molecule has 0 heterocycles. The van der Waals surface area contributed by atoms with Crippen LogP contribution in [0.5, 0.6) is 0 Å². The third-order valence-electron chi connectivity index (χ3n) is 6.92. The van der Waals surface area contributed by atoms with E-state index in [0.717, 1.165) is 31.2 Å². The molecule has 0 bridgehead atoms. The quantitative estimate of drug-likeness (QED) is 0.175. The summed E-state index contributed by atoms with van der Waals surface area (Å²) in [5.74, 6) is -0.480. The average molecular weight is 543 g/mol. The highest BCUT2D eigenvalue weighted by Gasteiger charge is 2.33. The van der Waals surface area contributed by atoms with Crippen molar-refractivity contribution in [1.29, 1.82) is 5.53 Å². The van der Waals surface area contributed by atoms with Crippen LogP contribution < -0.4 is 5.73 Å². The van der Waals surface area contributed by atoms with Gasteiger partial charge in [-0.05, 0) is 72.9 Å². The maximum absolute atomic E-state index is 13.5. The van der Waals surface area contributed by atoms with Gasteiger partial charge in [0.05, 0.1) is 0 Å². The number of benzene rings is 2. The third-order valence-corrected chi connectivity index (χ3v) is 7.58. The van der Waals surface area contributed by atoms with Crippen LogP contribution in [0.1, 0.15) is 67.9 Å². The number of carbonyl (C=O) groups is 2. The number of nitrogens with two attached hydrogens (primary N) is 1. The smallest absolute Gasteiger partial charge is 0.280 e. The summed E-state index contributed by atoms with van der Waals surface area (Å²) in [5, 5.41) is 3.91. The van der Waals surface area contributed by atoms with Crippen LogP contribution in [0.4, 0.5) is 0 Å². The van der Waals surface area contributed by atoms with Gasteiger partial charge in [0.2, 0.25) is 11.9 Å². The largest absolute Gasteiger partial charge is 0.366 e. The van der Waals surface area contributed by atoms with E-state index in [2.05, 4.69) is 30.9 Å². The summed E-state index contributed by atoms with van der Waals surface area (Å²) in [6.07, 6.45) is 7.17. The number of hydrogen-bond donors (Lipinski definition) is 2. The van der Waals surface area contributed by atoms with E-state index in [1.807, 2.05) is 4.90 Å².